The van der Waals surface area contributed by atoms with Crippen LogP contribution < -0.4 is 9.04 Å². The van der Waals surface area contributed by atoms with Crippen molar-refractivity contribution < 1.29 is 22.3 Å². The standard InChI is InChI=1S/C13H19F2NO3S/c1-3-13(14,15)9-4-10-16(20(17)18)11-5-7-12(19-2)8-6-11/h5-8H,3-4,9-10H2,1-2H3,(H,17,18)/p-1. The van der Waals surface area contributed by atoms with Crippen molar-refractivity contribution >= 4 is 17.0 Å². The van der Waals surface area contributed by atoms with E-state index >= 15 is 0 Å². The average molecular weight is 306 g/mol. The van der Waals surface area contributed by atoms with E-state index in [4.69, 9.17) is 4.74 Å². The first kappa shape index (κ1) is 16.8. The Bertz CT molecular complexity index is 440. The second-order valence-electron chi connectivity index (χ2n) is 4.33. The van der Waals surface area contributed by atoms with Gasteiger partial charge in [0.1, 0.15) is 5.75 Å². The average Bonchev–Trinajstić information content (AvgIpc) is 2.43. The van der Waals surface area contributed by atoms with Crippen LogP contribution in [0, 0.1) is 0 Å². The van der Waals surface area contributed by atoms with Crippen molar-refractivity contribution in [3.63, 3.8) is 0 Å². The van der Waals surface area contributed by atoms with Crippen LogP contribution in [0.4, 0.5) is 14.5 Å². The minimum absolute atomic E-state index is 0.0258. The number of rotatable bonds is 8. The summed E-state index contributed by atoms with van der Waals surface area (Å²) in [6.45, 7) is 1.44. The Kier molecular flexibility index (Phi) is 6.35. The quantitative estimate of drug-likeness (QED) is 0.693. The predicted octanol–water partition coefficient (Wildman–Crippen LogP) is 3.12. The van der Waals surface area contributed by atoms with Gasteiger partial charge in [-0.05, 0) is 30.7 Å². The number of alkyl halides is 2. The van der Waals surface area contributed by atoms with E-state index in [0.29, 0.717) is 11.4 Å². The van der Waals surface area contributed by atoms with E-state index in [1.54, 1.807) is 24.3 Å². The zero-order chi connectivity index (χ0) is 15.2. The summed E-state index contributed by atoms with van der Waals surface area (Å²) in [5, 5.41) is 0. The van der Waals surface area contributed by atoms with E-state index in [9.17, 15) is 17.5 Å². The number of anilines is 1. The normalized spacial score (nSPS) is 13.1. The van der Waals surface area contributed by atoms with E-state index in [-0.39, 0.29) is 25.8 Å². The van der Waals surface area contributed by atoms with Gasteiger partial charge in [0.2, 0.25) is 5.92 Å². The van der Waals surface area contributed by atoms with Gasteiger partial charge in [-0.1, -0.05) is 6.92 Å². The predicted molar refractivity (Wildman–Crippen MR) is 73.7 cm³/mol. The Hall–Kier alpha value is -1.21. The molecule has 1 unspecified atom stereocenters. The smallest absolute Gasteiger partial charge is 0.248 e. The molecule has 114 valence electrons. The molecule has 0 fully saturated rings. The maximum atomic E-state index is 13.1. The van der Waals surface area contributed by atoms with E-state index in [2.05, 4.69) is 0 Å². The molecule has 0 aliphatic rings. The number of hydrogen-bond acceptors (Lipinski definition) is 3. The lowest BCUT2D eigenvalue weighted by molar-refractivity contribution is -0.0125. The maximum absolute atomic E-state index is 13.1. The molecule has 20 heavy (non-hydrogen) atoms. The molecule has 0 radical (unpaired) electrons. The third-order valence-electron chi connectivity index (χ3n) is 2.96. The molecule has 0 heterocycles. The number of methoxy groups -OCH3 is 1. The molecule has 4 nitrogen and oxygen atoms in total. The summed E-state index contributed by atoms with van der Waals surface area (Å²) >= 11 is -2.50. The fraction of sp³-hybridized carbons (Fsp3) is 0.538. The molecule has 1 aromatic carbocycles. The van der Waals surface area contributed by atoms with E-state index < -0.39 is 17.2 Å². The van der Waals surface area contributed by atoms with Gasteiger partial charge < -0.3 is 13.6 Å². The number of nitrogens with zero attached hydrogens (tertiary/aromatic N) is 1. The SMILES string of the molecule is CCC(F)(F)CCCN(c1ccc(OC)cc1)S(=O)[O-]. The summed E-state index contributed by atoms with van der Waals surface area (Å²) in [4.78, 5) is 0. The zero-order valence-corrected chi connectivity index (χ0v) is 12.3. The Labute approximate surface area is 120 Å². The van der Waals surface area contributed by atoms with Gasteiger partial charge in [0.15, 0.2) is 0 Å². The molecular formula is C13H18F2NO3S-. The molecular weight excluding hydrogens is 288 g/mol. The minimum Gasteiger partial charge on any atom is -0.755 e. The highest BCUT2D eigenvalue weighted by molar-refractivity contribution is 7.80. The first-order valence-electron chi connectivity index (χ1n) is 6.28. The lowest BCUT2D eigenvalue weighted by Gasteiger charge is -2.27. The summed E-state index contributed by atoms with van der Waals surface area (Å²) in [5.41, 5.74) is 0.430. The molecule has 7 heteroatoms. The third kappa shape index (κ3) is 5.05. The second-order valence-corrected chi connectivity index (χ2v) is 5.21. The summed E-state index contributed by atoms with van der Waals surface area (Å²) in [7, 11) is 1.51. The van der Waals surface area contributed by atoms with Gasteiger partial charge in [-0.15, -0.1) is 0 Å². The highest BCUT2D eigenvalue weighted by Gasteiger charge is 2.25. The molecule has 0 bridgehead atoms. The molecule has 0 saturated heterocycles. The van der Waals surface area contributed by atoms with Crippen LogP contribution in [0.3, 0.4) is 0 Å². The van der Waals surface area contributed by atoms with Crippen molar-refractivity contribution in [2.75, 3.05) is 18.0 Å². The number of ether oxygens (including phenoxy) is 1. The van der Waals surface area contributed by atoms with Crippen LogP contribution in [0.2, 0.25) is 0 Å². The molecule has 0 spiro atoms. The maximum Gasteiger partial charge on any atom is 0.248 e. The Morgan fingerprint density at radius 1 is 1.35 bits per heavy atom. The first-order valence-corrected chi connectivity index (χ1v) is 7.31. The van der Waals surface area contributed by atoms with Crippen LogP contribution in [-0.2, 0) is 11.3 Å². The van der Waals surface area contributed by atoms with E-state index in [1.807, 2.05) is 0 Å². The van der Waals surface area contributed by atoms with Crippen molar-refractivity contribution in [3.05, 3.63) is 24.3 Å². The fourth-order valence-electron chi connectivity index (χ4n) is 1.70. The van der Waals surface area contributed by atoms with Gasteiger partial charge in [-0.25, -0.2) is 8.78 Å². The van der Waals surface area contributed by atoms with Gasteiger partial charge in [0, 0.05) is 36.3 Å². The zero-order valence-electron chi connectivity index (χ0n) is 11.5. The number of halogens is 2. The first-order chi connectivity index (χ1) is 9.39. The molecule has 0 aliphatic heterocycles. The highest BCUT2D eigenvalue weighted by Crippen LogP contribution is 2.25. The third-order valence-corrected chi connectivity index (χ3v) is 3.71. The summed E-state index contributed by atoms with van der Waals surface area (Å²) in [6.07, 6.45) is -0.468. The molecule has 0 aromatic heterocycles. The molecule has 1 aromatic rings. The Morgan fingerprint density at radius 3 is 2.40 bits per heavy atom. The molecule has 1 rings (SSSR count). The van der Waals surface area contributed by atoms with Gasteiger partial charge in [-0.2, -0.15) is 0 Å². The lowest BCUT2D eigenvalue weighted by Crippen LogP contribution is -2.28. The van der Waals surface area contributed by atoms with Crippen LogP contribution in [0.25, 0.3) is 0 Å². The fourth-order valence-corrected chi connectivity index (χ4v) is 2.27. The van der Waals surface area contributed by atoms with Gasteiger partial charge in [0.05, 0.1) is 7.11 Å². The minimum atomic E-state index is -2.74. The van der Waals surface area contributed by atoms with Crippen LogP contribution in [-0.4, -0.2) is 28.3 Å². The van der Waals surface area contributed by atoms with Crippen LogP contribution in [0.5, 0.6) is 5.75 Å². The summed E-state index contributed by atoms with van der Waals surface area (Å²) in [6, 6.07) is 6.39. The van der Waals surface area contributed by atoms with Gasteiger partial charge >= 0.3 is 0 Å². The highest BCUT2D eigenvalue weighted by atomic mass is 32.2. The number of hydrogen-bond donors (Lipinski definition) is 0. The largest absolute Gasteiger partial charge is 0.755 e. The summed E-state index contributed by atoms with van der Waals surface area (Å²) < 4.78 is 54.6. The monoisotopic (exact) mass is 306 g/mol. The Balaban J connectivity index is 2.67. The van der Waals surface area contributed by atoms with Crippen LogP contribution in [0.15, 0.2) is 24.3 Å². The molecule has 0 aliphatic carbocycles. The van der Waals surface area contributed by atoms with Crippen molar-refractivity contribution in [1.82, 2.24) is 0 Å². The topological polar surface area (TPSA) is 52.6 Å². The van der Waals surface area contributed by atoms with Crippen molar-refractivity contribution in [2.24, 2.45) is 0 Å². The molecule has 0 saturated carbocycles. The van der Waals surface area contributed by atoms with Crippen molar-refractivity contribution in [2.45, 2.75) is 32.1 Å². The number of benzene rings is 1. The second kappa shape index (κ2) is 7.54. The molecule has 0 N–H and O–H groups in total. The van der Waals surface area contributed by atoms with Gasteiger partial charge in [0.25, 0.3) is 0 Å². The van der Waals surface area contributed by atoms with Crippen molar-refractivity contribution in [1.29, 1.82) is 0 Å². The summed E-state index contributed by atoms with van der Waals surface area (Å²) in [5.74, 6) is -2.14. The van der Waals surface area contributed by atoms with Crippen LogP contribution >= 0.6 is 0 Å². The Morgan fingerprint density at radius 2 is 1.95 bits per heavy atom. The molecule has 1 atom stereocenters. The van der Waals surface area contributed by atoms with E-state index in [1.165, 1.54) is 14.0 Å². The lowest BCUT2D eigenvalue weighted by atomic mass is 10.1. The van der Waals surface area contributed by atoms with Crippen molar-refractivity contribution in [3.8, 4) is 5.75 Å². The van der Waals surface area contributed by atoms with Gasteiger partial charge in [-0.3, -0.25) is 4.21 Å². The molecule has 0 amide bonds. The van der Waals surface area contributed by atoms with Crippen LogP contribution in [0.1, 0.15) is 26.2 Å². The van der Waals surface area contributed by atoms with E-state index in [0.717, 1.165) is 4.31 Å².